The molecule has 7 heteroatoms. The first-order chi connectivity index (χ1) is 11.0. The highest BCUT2D eigenvalue weighted by atomic mass is 19.2. The Morgan fingerprint density at radius 3 is 2.39 bits per heavy atom. The van der Waals surface area contributed by atoms with Crippen molar-refractivity contribution in [3.8, 4) is 0 Å². The van der Waals surface area contributed by atoms with Crippen molar-refractivity contribution in [2.75, 3.05) is 12.4 Å². The first-order valence-electron chi connectivity index (χ1n) is 6.56. The van der Waals surface area contributed by atoms with Crippen LogP contribution in [0.4, 0.5) is 19.3 Å². The first-order valence-corrected chi connectivity index (χ1v) is 6.56. The molecule has 0 aliphatic rings. The molecule has 2 aromatic rings. The van der Waals surface area contributed by atoms with Crippen LogP contribution in [0.3, 0.4) is 0 Å². The number of rotatable bonds is 4. The number of halogens is 2. The third-order valence-electron chi connectivity index (χ3n) is 2.92. The quantitative estimate of drug-likeness (QED) is 0.875. The molecule has 1 N–H and O–H groups in total. The fourth-order valence-electron chi connectivity index (χ4n) is 1.80. The van der Waals surface area contributed by atoms with Crippen molar-refractivity contribution in [1.29, 1.82) is 0 Å². The van der Waals surface area contributed by atoms with Crippen LogP contribution in [0.25, 0.3) is 0 Å². The van der Waals surface area contributed by atoms with Gasteiger partial charge in [-0.2, -0.15) is 0 Å². The number of esters is 1. The lowest BCUT2D eigenvalue weighted by atomic mass is 10.1. The smallest absolute Gasteiger partial charge is 0.411 e. The normalized spacial score (nSPS) is 10.0. The SMILES string of the molecule is COC(=O)c1cc(F)c(F)cc1NC(=O)OCc1ccccc1. The number of benzene rings is 2. The van der Waals surface area contributed by atoms with Crippen molar-refractivity contribution in [3.05, 3.63) is 65.2 Å². The van der Waals surface area contributed by atoms with E-state index in [1.807, 2.05) is 6.07 Å². The second-order valence-corrected chi connectivity index (χ2v) is 4.49. The van der Waals surface area contributed by atoms with Crippen LogP contribution in [0.5, 0.6) is 0 Å². The van der Waals surface area contributed by atoms with Gasteiger partial charge in [0.15, 0.2) is 11.6 Å². The lowest BCUT2D eigenvalue weighted by Gasteiger charge is -2.11. The van der Waals surface area contributed by atoms with Gasteiger partial charge in [-0.05, 0) is 11.6 Å². The Balaban J connectivity index is 2.10. The molecule has 0 spiro atoms. The Morgan fingerprint density at radius 1 is 1.09 bits per heavy atom. The molecule has 0 radical (unpaired) electrons. The number of anilines is 1. The molecule has 23 heavy (non-hydrogen) atoms. The minimum Gasteiger partial charge on any atom is -0.465 e. The van der Waals surface area contributed by atoms with Crippen LogP contribution >= 0.6 is 0 Å². The van der Waals surface area contributed by atoms with Gasteiger partial charge in [0.05, 0.1) is 18.4 Å². The maximum atomic E-state index is 13.3. The minimum absolute atomic E-state index is 0.0100. The van der Waals surface area contributed by atoms with Crippen LogP contribution < -0.4 is 5.32 Å². The molecule has 5 nitrogen and oxygen atoms in total. The van der Waals surface area contributed by atoms with Crippen molar-refractivity contribution in [1.82, 2.24) is 0 Å². The second kappa shape index (κ2) is 7.35. The zero-order chi connectivity index (χ0) is 16.8. The number of nitrogens with one attached hydrogen (secondary N) is 1. The van der Waals surface area contributed by atoms with Gasteiger partial charge in [0.25, 0.3) is 0 Å². The van der Waals surface area contributed by atoms with E-state index in [0.717, 1.165) is 12.7 Å². The fraction of sp³-hybridized carbons (Fsp3) is 0.125. The van der Waals surface area contributed by atoms with Gasteiger partial charge in [0.1, 0.15) is 6.61 Å². The van der Waals surface area contributed by atoms with E-state index in [4.69, 9.17) is 4.74 Å². The van der Waals surface area contributed by atoms with Crippen LogP contribution in [0.2, 0.25) is 0 Å². The predicted molar refractivity (Wildman–Crippen MR) is 77.9 cm³/mol. The summed E-state index contributed by atoms with van der Waals surface area (Å²) in [5.41, 5.74) is 0.193. The van der Waals surface area contributed by atoms with Gasteiger partial charge in [-0.3, -0.25) is 5.32 Å². The van der Waals surface area contributed by atoms with Crippen molar-refractivity contribution < 1.29 is 27.8 Å². The molecule has 1 amide bonds. The van der Waals surface area contributed by atoms with Crippen LogP contribution in [-0.2, 0) is 16.1 Å². The average molecular weight is 321 g/mol. The van der Waals surface area contributed by atoms with Gasteiger partial charge in [-0.25, -0.2) is 18.4 Å². The highest BCUT2D eigenvalue weighted by Crippen LogP contribution is 2.21. The molecule has 0 fully saturated rings. The van der Waals surface area contributed by atoms with E-state index in [2.05, 4.69) is 10.1 Å². The summed E-state index contributed by atoms with van der Waals surface area (Å²) in [6.45, 7) is -0.0100. The van der Waals surface area contributed by atoms with Gasteiger partial charge in [-0.15, -0.1) is 0 Å². The molecule has 0 heterocycles. The minimum atomic E-state index is -1.23. The Kier molecular flexibility index (Phi) is 5.24. The van der Waals surface area contributed by atoms with Crippen molar-refractivity contribution in [2.45, 2.75) is 6.61 Å². The Bertz CT molecular complexity index is 720. The number of carbonyl (C=O) groups is 2. The number of ether oxygens (including phenoxy) is 2. The lowest BCUT2D eigenvalue weighted by Crippen LogP contribution is -2.17. The molecular weight excluding hydrogens is 308 g/mol. The summed E-state index contributed by atoms with van der Waals surface area (Å²) >= 11 is 0. The third-order valence-corrected chi connectivity index (χ3v) is 2.92. The van der Waals surface area contributed by atoms with E-state index >= 15 is 0 Å². The molecule has 120 valence electrons. The summed E-state index contributed by atoms with van der Waals surface area (Å²) in [5.74, 6) is -3.35. The molecule has 2 rings (SSSR count). The maximum absolute atomic E-state index is 13.3. The standard InChI is InChI=1S/C16H13F2NO4/c1-22-15(20)11-7-12(17)13(18)8-14(11)19-16(21)23-9-10-5-3-2-4-6-10/h2-8H,9H2,1H3,(H,19,21). The van der Waals surface area contributed by atoms with Crippen LogP contribution in [-0.4, -0.2) is 19.2 Å². The largest absolute Gasteiger partial charge is 0.465 e. The van der Waals surface area contributed by atoms with Crippen LogP contribution in [0.15, 0.2) is 42.5 Å². The maximum Gasteiger partial charge on any atom is 0.411 e. The van der Waals surface area contributed by atoms with E-state index in [1.165, 1.54) is 0 Å². The summed E-state index contributed by atoms with van der Waals surface area (Å²) in [6, 6.07) is 10.2. The zero-order valence-electron chi connectivity index (χ0n) is 12.1. The average Bonchev–Trinajstić information content (AvgIpc) is 2.56. The Hall–Kier alpha value is -2.96. The third kappa shape index (κ3) is 4.26. The van der Waals surface area contributed by atoms with Gasteiger partial charge in [0, 0.05) is 6.07 Å². The van der Waals surface area contributed by atoms with Crippen LogP contribution in [0, 0.1) is 11.6 Å². The number of amides is 1. The topological polar surface area (TPSA) is 64.6 Å². The highest BCUT2D eigenvalue weighted by Gasteiger charge is 2.18. The van der Waals surface area contributed by atoms with Gasteiger partial charge in [0.2, 0.25) is 0 Å². The van der Waals surface area contributed by atoms with Crippen molar-refractivity contribution in [3.63, 3.8) is 0 Å². The lowest BCUT2D eigenvalue weighted by molar-refractivity contribution is 0.0601. The second-order valence-electron chi connectivity index (χ2n) is 4.49. The molecular formula is C16H13F2NO4. The van der Waals surface area contributed by atoms with Gasteiger partial charge < -0.3 is 9.47 Å². The molecule has 0 saturated carbocycles. The van der Waals surface area contributed by atoms with E-state index < -0.39 is 23.7 Å². The number of methoxy groups -OCH3 is 1. The molecule has 2 aromatic carbocycles. The summed E-state index contributed by atoms with van der Waals surface area (Å²) in [5, 5.41) is 2.20. The molecule has 0 saturated heterocycles. The summed E-state index contributed by atoms with van der Waals surface area (Å²) in [6.07, 6.45) is -0.912. The number of carbonyl (C=O) groups excluding carboxylic acids is 2. The van der Waals surface area contributed by atoms with Gasteiger partial charge >= 0.3 is 12.1 Å². The Morgan fingerprint density at radius 2 is 1.74 bits per heavy atom. The summed E-state index contributed by atoms with van der Waals surface area (Å²) in [7, 11) is 1.08. The summed E-state index contributed by atoms with van der Waals surface area (Å²) < 4.78 is 36.0. The molecule has 0 unspecified atom stereocenters. The van der Waals surface area contributed by atoms with Crippen LogP contribution in [0.1, 0.15) is 15.9 Å². The predicted octanol–water partition coefficient (Wildman–Crippen LogP) is 3.50. The molecule has 0 bridgehead atoms. The molecule has 0 aliphatic carbocycles. The Labute approximate surface area is 130 Å². The summed E-state index contributed by atoms with van der Waals surface area (Å²) in [4.78, 5) is 23.3. The van der Waals surface area contributed by atoms with E-state index in [0.29, 0.717) is 12.1 Å². The molecule has 0 aliphatic heterocycles. The van der Waals surface area contributed by atoms with Gasteiger partial charge in [-0.1, -0.05) is 30.3 Å². The van der Waals surface area contributed by atoms with E-state index in [1.54, 1.807) is 24.3 Å². The van der Waals surface area contributed by atoms with Crippen molar-refractivity contribution >= 4 is 17.7 Å². The van der Waals surface area contributed by atoms with E-state index in [9.17, 15) is 18.4 Å². The highest BCUT2D eigenvalue weighted by molar-refractivity contribution is 5.99. The van der Waals surface area contributed by atoms with Crippen molar-refractivity contribution in [2.24, 2.45) is 0 Å². The van der Waals surface area contributed by atoms with E-state index in [-0.39, 0.29) is 17.9 Å². The fourth-order valence-corrected chi connectivity index (χ4v) is 1.80. The number of hydrogen-bond donors (Lipinski definition) is 1. The molecule has 0 atom stereocenters. The zero-order valence-corrected chi connectivity index (χ0v) is 12.1. The monoisotopic (exact) mass is 321 g/mol. The number of hydrogen-bond acceptors (Lipinski definition) is 4. The first kappa shape index (κ1) is 16.4. The molecule has 0 aromatic heterocycles.